The molecule has 1 fully saturated rings. The van der Waals surface area contributed by atoms with Crippen molar-refractivity contribution in [1.82, 2.24) is 14.8 Å². The Hall–Kier alpha value is -2.34. The van der Waals surface area contributed by atoms with E-state index in [1.807, 2.05) is 23.1 Å². The second kappa shape index (κ2) is 6.65. The van der Waals surface area contributed by atoms with E-state index >= 15 is 0 Å². The highest BCUT2D eigenvalue weighted by Crippen LogP contribution is 2.29. The molecule has 1 atom stereocenters. The van der Waals surface area contributed by atoms with Gasteiger partial charge in [0.05, 0.1) is 12.1 Å². The SMILES string of the molecule is O=C(CC1Cc2ccccc2O1)N1CCN(Cc2cocn2)CC1. The van der Waals surface area contributed by atoms with Crippen LogP contribution in [0.1, 0.15) is 17.7 Å². The van der Waals surface area contributed by atoms with Crippen molar-refractivity contribution in [3.8, 4) is 5.75 Å². The number of amides is 1. The van der Waals surface area contributed by atoms with Crippen molar-refractivity contribution >= 4 is 5.91 Å². The van der Waals surface area contributed by atoms with Gasteiger partial charge >= 0.3 is 0 Å². The average molecular weight is 327 g/mol. The highest BCUT2D eigenvalue weighted by Gasteiger charge is 2.28. The number of benzene rings is 1. The molecule has 1 aromatic carbocycles. The van der Waals surface area contributed by atoms with Crippen LogP contribution >= 0.6 is 0 Å². The first kappa shape index (κ1) is 15.2. The predicted molar refractivity (Wildman–Crippen MR) is 87.5 cm³/mol. The third-order valence-electron chi connectivity index (χ3n) is 4.71. The third kappa shape index (κ3) is 3.28. The number of fused-ring (bicyclic) bond motifs is 1. The largest absolute Gasteiger partial charge is 0.489 e. The van der Waals surface area contributed by atoms with E-state index in [0.717, 1.165) is 50.6 Å². The fourth-order valence-corrected chi connectivity index (χ4v) is 3.39. The van der Waals surface area contributed by atoms with Crippen LogP contribution in [-0.2, 0) is 17.8 Å². The molecular formula is C18H21N3O3. The van der Waals surface area contributed by atoms with Gasteiger partial charge in [-0.15, -0.1) is 0 Å². The molecule has 1 amide bonds. The Kier molecular flexibility index (Phi) is 4.21. The third-order valence-corrected chi connectivity index (χ3v) is 4.71. The quantitative estimate of drug-likeness (QED) is 0.856. The van der Waals surface area contributed by atoms with Crippen molar-refractivity contribution in [3.05, 3.63) is 48.2 Å². The van der Waals surface area contributed by atoms with Crippen LogP contribution in [-0.4, -0.2) is 53.0 Å². The summed E-state index contributed by atoms with van der Waals surface area (Å²) in [7, 11) is 0. The molecule has 1 saturated heterocycles. The zero-order valence-electron chi connectivity index (χ0n) is 13.6. The summed E-state index contributed by atoms with van der Waals surface area (Å²) >= 11 is 0. The molecule has 2 aliphatic heterocycles. The lowest BCUT2D eigenvalue weighted by molar-refractivity contribution is -0.134. The summed E-state index contributed by atoms with van der Waals surface area (Å²) in [6.45, 7) is 4.03. The lowest BCUT2D eigenvalue weighted by Gasteiger charge is -2.34. The lowest BCUT2D eigenvalue weighted by atomic mass is 10.1. The second-order valence-electron chi connectivity index (χ2n) is 6.39. The Labute approximate surface area is 141 Å². The summed E-state index contributed by atoms with van der Waals surface area (Å²) in [5.74, 6) is 1.11. The topological polar surface area (TPSA) is 58.8 Å². The van der Waals surface area contributed by atoms with Crippen LogP contribution in [0.5, 0.6) is 5.75 Å². The number of hydrogen-bond acceptors (Lipinski definition) is 5. The smallest absolute Gasteiger partial charge is 0.226 e. The Morgan fingerprint density at radius 3 is 2.79 bits per heavy atom. The fraction of sp³-hybridized carbons (Fsp3) is 0.444. The van der Waals surface area contributed by atoms with Crippen molar-refractivity contribution < 1.29 is 13.9 Å². The van der Waals surface area contributed by atoms with E-state index in [1.165, 1.54) is 12.0 Å². The van der Waals surface area contributed by atoms with E-state index < -0.39 is 0 Å². The van der Waals surface area contributed by atoms with Gasteiger partial charge in [0.1, 0.15) is 18.1 Å². The van der Waals surface area contributed by atoms with E-state index in [-0.39, 0.29) is 12.0 Å². The maximum Gasteiger partial charge on any atom is 0.226 e. The minimum absolute atomic E-state index is 0.0249. The molecule has 3 heterocycles. The molecule has 1 unspecified atom stereocenters. The Balaban J connectivity index is 1.25. The van der Waals surface area contributed by atoms with Gasteiger partial charge in [-0.25, -0.2) is 4.98 Å². The summed E-state index contributed by atoms with van der Waals surface area (Å²) < 4.78 is 10.9. The van der Waals surface area contributed by atoms with Crippen LogP contribution in [0, 0.1) is 0 Å². The van der Waals surface area contributed by atoms with Crippen molar-refractivity contribution in [3.63, 3.8) is 0 Å². The van der Waals surface area contributed by atoms with Gasteiger partial charge < -0.3 is 14.1 Å². The molecule has 4 rings (SSSR count). The zero-order chi connectivity index (χ0) is 16.4. The van der Waals surface area contributed by atoms with Crippen LogP contribution < -0.4 is 4.74 Å². The maximum absolute atomic E-state index is 12.5. The summed E-state index contributed by atoms with van der Waals surface area (Å²) in [4.78, 5) is 20.9. The number of nitrogens with zero attached hydrogens (tertiary/aromatic N) is 3. The molecule has 6 nitrogen and oxygen atoms in total. The molecule has 2 aromatic rings. The molecule has 126 valence electrons. The molecule has 1 aromatic heterocycles. The molecule has 0 spiro atoms. The monoisotopic (exact) mass is 327 g/mol. The normalized spacial score (nSPS) is 20.7. The Morgan fingerprint density at radius 2 is 2.04 bits per heavy atom. The highest BCUT2D eigenvalue weighted by molar-refractivity contribution is 5.77. The number of oxazole rings is 1. The van der Waals surface area contributed by atoms with Crippen molar-refractivity contribution in [2.45, 2.75) is 25.5 Å². The van der Waals surface area contributed by atoms with Gasteiger partial charge in [0.25, 0.3) is 0 Å². The van der Waals surface area contributed by atoms with Crippen LogP contribution in [0.3, 0.4) is 0 Å². The van der Waals surface area contributed by atoms with E-state index in [1.54, 1.807) is 6.26 Å². The van der Waals surface area contributed by atoms with Gasteiger partial charge in [-0.05, 0) is 11.6 Å². The van der Waals surface area contributed by atoms with Crippen LogP contribution in [0.2, 0.25) is 0 Å². The van der Waals surface area contributed by atoms with Crippen molar-refractivity contribution in [2.75, 3.05) is 26.2 Å². The Morgan fingerprint density at radius 1 is 1.21 bits per heavy atom. The highest BCUT2D eigenvalue weighted by atomic mass is 16.5. The summed E-state index contributed by atoms with van der Waals surface area (Å²) in [5, 5.41) is 0. The minimum Gasteiger partial charge on any atom is -0.489 e. The van der Waals surface area contributed by atoms with Gasteiger partial charge in [-0.2, -0.15) is 0 Å². The van der Waals surface area contributed by atoms with Crippen LogP contribution in [0.15, 0.2) is 41.3 Å². The number of carbonyl (C=O) groups is 1. The van der Waals surface area contributed by atoms with Gasteiger partial charge in [-0.1, -0.05) is 18.2 Å². The number of aromatic nitrogens is 1. The first-order chi connectivity index (χ1) is 11.8. The van der Waals surface area contributed by atoms with E-state index in [4.69, 9.17) is 9.15 Å². The number of hydrogen-bond donors (Lipinski definition) is 0. The van der Waals surface area contributed by atoms with Gasteiger partial charge in [0.15, 0.2) is 6.39 Å². The molecule has 0 radical (unpaired) electrons. The summed E-state index contributed by atoms with van der Waals surface area (Å²) in [6.07, 6.45) is 4.39. The Bertz CT molecular complexity index is 668. The summed E-state index contributed by atoms with van der Waals surface area (Å²) in [5.41, 5.74) is 2.14. The number of rotatable bonds is 4. The standard InChI is InChI=1S/C18H21N3O3/c22-18(10-16-9-14-3-1-2-4-17(14)24-16)21-7-5-20(6-8-21)11-15-12-23-13-19-15/h1-4,12-13,16H,5-11H2. The van der Waals surface area contributed by atoms with Gasteiger partial charge in [0.2, 0.25) is 5.91 Å². The zero-order valence-corrected chi connectivity index (χ0v) is 13.6. The molecular weight excluding hydrogens is 306 g/mol. The first-order valence-electron chi connectivity index (χ1n) is 8.40. The number of ether oxygens (including phenoxy) is 1. The van der Waals surface area contributed by atoms with Crippen LogP contribution in [0.4, 0.5) is 0 Å². The molecule has 0 N–H and O–H groups in total. The molecule has 24 heavy (non-hydrogen) atoms. The average Bonchev–Trinajstić information content (AvgIpc) is 3.24. The lowest BCUT2D eigenvalue weighted by Crippen LogP contribution is -2.49. The van der Waals surface area contributed by atoms with E-state index in [0.29, 0.717) is 6.42 Å². The van der Waals surface area contributed by atoms with Crippen molar-refractivity contribution in [1.29, 1.82) is 0 Å². The number of piperazine rings is 1. The molecule has 6 heteroatoms. The van der Waals surface area contributed by atoms with Gasteiger partial charge in [-0.3, -0.25) is 9.69 Å². The predicted octanol–water partition coefficient (Wildman–Crippen LogP) is 1.71. The van der Waals surface area contributed by atoms with Crippen molar-refractivity contribution in [2.24, 2.45) is 0 Å². The molecule has 0 saturated carbocycles. The summed E-state index contributed by atoms with van der Waals surface area (Å²) in [6, 6.07) is 8.03. The van der Waals surface area contributed by atoms with Crippen LogP contribution in [0.25, 0.3) is 0 Å². The fourth-order valence-electron chi connectivity index (χ4n) is 3.39. The molecule has 0 aliphatic carbocycles. The maximum atomic E-state index is 12.5. The van der Waals surface area contributed by atoms with Gasteiger partial charge in [0, 0.05) is 39.1 Å². The van der Waals surface area contributed by atoms with E-state index in [9.17, 15) is 4.79 Å². The minimum atomic E-state index is -0.0249. The second-order valence-corrected chi connectivity index (χ2v) is 6.39. The number of para-hydroxylation sites is 1. The first-order valence-corrected chi connectivity index (χ1v) is 8.40. The number of carbonyl (C=O) groups excluding carboxylic acids is 1. The van der Waals surface area contributed by atoms with E-state index in [2.05, 4.69) is 16.0 Å². The molecule has 2 aliphatic rings. The molecule has 0 bridgehead atoms.